The van der Waals surface area contributed by atoms with Crippen LogP contribution in [0.4, 0.5) is 5.95 Å². The summed E-state index contributed by atoms with van der Waals surface area (Å²) >= 11 is 0. The number of anilines is 1. The van der Waals surface area contributed by atoms with Gasteiger partial charge in [-0.15, -0.1) is 0 Å². The molecule has 1 atom stereocenters. The lowest BCUT2D eigenvalue weighted by atomic mass is 9.94. The number of unbranched alkanes of at least 4 members (excludes halogenated alkanes) is 1. The third-order valence-electron chi connectivity index (χ3n) is 7.83. The third-order valence-corrected chi connectivity index (χ3v) is 7.83. The monoisotopic (exact) mass is 508 g/mol. The van der Waals surface area contributed by atoms with Gasteiger partial charge in [0.2, 0.25) is 11.9 Å². The van der Waals surface area contributed by atoms with Crippen molar-refractivity contribution in [3.05, 3.63) is 35.9 Å². The summed E-state index contributed by atoms with van der Waals surface area (Å²) in [5.74, 6) is 0.0547. The number of carbonyl (C=O) groups excluding carboxylic acids is 3. The zero-order chi connectivity index (χ0) is 26.0. The molecule has 1 N–H and O–H groups in total. The first-order valence-corrected chi connectivity index (χ1v) is 13.4. The summed E-state index contributed by atoms with van der Waals surface area (Å²) in [5.41, 5.74) is -0.458. The lowest BCUT2D eigenvalue weighted by Crippen LogP contribution is -2.65. The van der Waals surface area contributed by atoms with E-state index < -0.39 is 5.54 Å². The SMILES string of the molecule is CCCCN1C(=O)c2cc(C(=O)N3CCN(c4ncccn4)CC3)nn2C[C@]1(C)C(=O)NC1CCCC1. The third kappa shape index (κ3) is 4.91. The van der Waals surface area contributed by atoms with E-state index in [1.54, 1.807) is 39.0 Å². The maximum absolute atomic E-state index is 13.6. The van der Waals surface area contributed by atoms with Crippen LogP contribution in [0.15, 0.2) is 24.5 Å². The van der Waals surface area contributed by atoms with E-state index in [1.807, 2.05) is 11.8 Å². The van der Waals surface area contributed by atoms with Crippen LogP contribution in [-0.4, -0.2) is 91.6 Å². The van der Waals surface area contributed by atoms with Gasteiger partial charge in [0.1, 0.15) is 11.2 Å². The second-order valence-electron chi connectivity index (χ2n) is 10.4. The van der Waals surface area contributed by atoms with Gasteiger partial charge in [0.25, 0.3) is 11.8 Å². The zero-order valence-corrected chi connectivity index (χ0v) is 21.7. The Morgan fingerprint density at radius 2 is 1.81 bits per heavy atom. The van der Waals surface area contributed by atoms with E-state index in [4.69, 9.17) is 0 Å². The highest BCUT2D eigenvalue weighted by Crippen LogP contribution is 2.29. The quantitative estimate of drug-likeness (QED) is 0.605. The topological polar surface area (TPSA) is 117 Å². The van der Waals surface area contributed by atoms with E-state index in [1.165, 1.54) is 0 Å². The van der Waals surface area contributed by atoms with Crippen LogP contribution in [0.1, 0.15) is 73.3 Å². The Morgan fingerprint density at radius 1 is 1.11 bits per heavy atom. The molecule has 11 heteroatoms. The van der Waals surface area contributed by atoms with Crippen LogP contribution in [0.3, 0.4) is 0 Å². The molecule has 2 aromatic heterocycles. The lowest BCUT2D eigenvalue weighted by molar-refractivity contribution is -0.133. The van der Waals surface area contributed by atoms with Crippen molar-refractivity contribution in [3.8, 4) is 0 Å². The molecule has 0 aromatic carbocycles. The standard InChI is InChI=1S/C26H36N8O3/c1-3-4-12-33-23(36)21-17-20(22(35)31-13-15-32(16-14-31)25-27-10-7-11-28-25)30-34(21)18-26(33,2)24(37)29-19-8-5-6-9-19/h7,10-11,17,19H,3-6,8-9,12-16,18H2,1-2H3,(H,29,37)/t26-/m1/s1. The van der Waals surface area contributed by atoms with Gasteiger partial charge in [-0.25, -0.2) is 9.97 Å². The van der Waals surface area contributed by atoms with Crippen molar-refractivity contribution in [3.63, 3.8) is 0 Å². The Kier molecular flexibility index (Phi) is 7.12. The lowest BCUT2D eigenvalue weighted by Gasteiger charge is -2.43. The van der Waals surface area contributed by atoms with E-state index in [0.717, 1.165) is 38.5 Å². The number of carbonyl (C=O) groups is 3. The van der Waals surface area contributed by atoms with Crippen LogP contribution in [0.2, 0.25) is 0 Å². The summed E-state index contributed by atoms with van der Waals surface area (Å²) in [7, 11) is 0. The van der Waals surface area contributed by atoms with Crippen molar-refractivity contribution >= 4 is 23.7 Å². The molecule has 1 saturated heterocycles. The van der Waals surface area contributed by atoms with Gasteiger partial charge in [0.05, 0.1) is 6.54 Å². The van der Waals surface area contributed by atoms with Crippen LogP contribution in [-0.2, 0) is 11.3 Å². The summed E-state index contributed by atoms with van der Waals surface area (Å²) in [6.07, 6.45) is 9.29. The van der Waals surface area contributed by atoms with Crippen molar-refractivity contribution in [2.75, 3.05) is 37.6 Å². The molecule has 2 fully saturated rings. The van der Waals surface area contributed by atoms with Crippen molar-refractivity contribution in [2.45, 2.75) is 70.5 Å². The van der Waals surface area contributed by atoms with Gasteiger partial charge in [0, 0.05) is 57.2 Å². The van der Waals surface area contributed by atoms with Gasteiger partial charge >= 0.3 is 0 Å². The molecule has 1 aliphatic carbocycles. The molecule has 4 heterocycles. The Balaban J connectivity index is 1.33. The highest BCUT2D eigenvalue weighted by atomic mass is 16.2. The Bertz CT molecular complexity index is 1140. The largest absolute Gasteiger partial charge is 0.351 e. The first-order chi connectivity index (χ1) is 17.9. The summed E-state index contributed by atoms with van der Waals surface area (Å²) in [4.78, 5) is 54.5. The summed E-state index contributed by atoms with van der Waals surface area (Å²) in [6, 6.07) is 3.52. The average Bonchev–Trinajstić information content (AvgIpc) is 3.59. The molecule has 0 spiro atoms. The average molecular weight is 509 g/mol. The zero-order valence-electron chi connectivity index (χ0n) is 21.7. The fraction of sp³-hybridized carbons (Fsp3) is 0.615. The van der Waals surface area contributed by atoms with E-state index in [0.29, 0.717) is 44.4 Å². The molecular weight excluding hydrogens is 472 g/mol. The predicted molar refractivity (Wildman–Crippen MR) is 137 cm³/mol. The van der Waals surface area contributed by atoms with Crippen LogP contribution < -0.4 is 10.2 Å². The predicted octanol–water partition coefficient (Wildman–Crippen LogP) is 1.71. The Morgan fingerprint density at radius 3 is 2.49 bits per heavy atom. The minimum Gasteiger partial charge on any atom is -0.351 e. The summed E-state index contributed by atoms with van der Waals surface area (Å²) in [5, 5.41) is 7.72. The van der Waals surface area contributed by atoms with E-state index in [9.17, 15) is 14.4 Å². The minimum atomic E-state index is -1.06. The number of amides is 3. The second kappa shape index (κ2) is 10.5. The maximum atomic E-state index is 13.6. The van der Waals surface area contributed by atoms with Crippen molar-refractivity contribution in [2.24, 2.45) is 0 Å². The van der Waals surface area contributed by atoms with Gasteiger partial charge in [-0.2, -0.15) is 5.10 Å². The van der Waals surface area contributed by atoms with Gasteiger partial charge in [-0.1, -0.05) is 26.2 Å². The normalized spacial score (nSPS) is 22.3. The first-order valence-electron chi connectivity index (χ1n) is 13.4. The van der Waals surface area contributed by atoms with Crippen LogP contribution in [0.5, 0.6) is 0 Å². The molecule has 37 heavy (non-hydrogen) atoms. The van der Waals surface area contributed by atoms with Crippen molar-refractivity contribution in [1.82, 2.24) is 34.9 Å². The number of nitrogens with zero attached hydrogens (tertiary/aromatic N) is 7. The molecule has 2 aliphatic heterocycles. The van der Waals surface area contributed by atoms with Crippen molar-refractivity contribution < 1.29 is 14.4 Å². The smallest absolute Gasteiger partial charge is 0.274 e. The molecule has 2 aromatic rings. The van der Waals surface area contributed by atoms with Gasteiger partial charge in [-0.3, -0.25) is 19.1 Å². The second-order valence-corrected chi connectivity index (χ2v) is 10.4. The number of aromatic nitrogens is 4. The number of rotatable bonds is 7. The molecule has 0 radical (unpaired) electrons. The van der Waals surface area contributed by atoms with Crippen molar-refractivity contribution in [1.29, 1.82) is 0 Å². The molecule has 11 nitrogen and oxygen atoms in total. The minimum absolute atomic E-state index is 0.142. The van der Waals surface area contributed by atoms with Crippen LogP contribution in [0.25, 0.3) is 0 Å². The fourth-order valence-corrected chi connectivity index (χ4v) is 5.55. The number of fused-ring (bicyclic) bond motifs is 1. The number of hydrogen-bond donors (Lipinski definition) is 1. The highest BCUT2D eigenvalue weighted by Gasteiger charge is 2.48. The number of hydrogen-bond acceptors (Lipinski definition) is 7. The number of nitrogens with one attached hydrogen (secondary N) is 1. The van der Waals surface area contributed by atoms with Gasteiger partial charge < -0.3 is 20.0 Å². The Hall–Kier alpha value is -3.50. The molecule has 5 rings (SSSR count). The summed E-state index contributed by atoms with van der Waals surface area (Å²) in [6.45, 7) is 6.86. The molecule has 3 aliphatic rings. The number of piperazine rings is 1. The molecule has 1 saturated carbocycles. The summed E-state index contributed by atoms with van der Waals surface area (Å²) < 4.78 is 1.56. The van der Waals surface area contributed by atoms with Crippen LogP contribution in [0, 0.1) is 0 Å². The first kappa shape index (κ1) is 25.2. The molecular formula is C26H36N8O3. The van der Waals surface area contributed by atoms with E-state index >= 15 is 0 Å². The van der Waals surface area contributed by atoms with Crippen LogP contribution >= 0.6 is 0 Å². The van der Waals surface area contributed by atoms with E-state index in [-0.39, 0.29) is 36.0 Å². The molecule has 0 unspecified atom stereocenters. The van der Waals surface area contributed by atoms with E-state index in [2.05, 4.69) is 27.3 Å². The highest BCUT2D eigenvalue weighted by molar-refractivity contribution is 6.02. The van der Waals surface area contributed by atoms with Gasteiger partial charge in [-0.05, 0) is 32.3 Å². The fourth-order valence-electron chi connectivity index (χ4n) is 5.55. The van der Waals surface area contributed by atoms with Gasteiger partial charge in [0.15, 0.2) is 5.69 Å². The molecule has 0 bridgehead atoms. The molecule has 3 amide bonds. The Labute approximate surface area is 217 Å². The maximum Gasteiger partial charge on any atom is 0.274 e. The molecule has 198 valence electrons.